The first kappa shape index (κ1) is 12.9. The Morgan fingerprint density at radius 3 is 2.35 bits per heavy atom. The van der Waals surface area contributed by atoms with E-state index in [-0.39, 0.29) is 0 Å². The highest BCUT2D eigenvalue weighted by atomic mass is 14.5. The molecular formula is C20H28. The van der Waals surface area contributed by atoms with Crippen molar-refractivity contribution >= 4 is 0 Å². The van der Waals surface area contributed by atoms with Gasteiger partial charge in [-0.25, -0.2) is 0 Å². The Balaban J connectivity index is 2.08. The van der Waals surface area contributed by atoms with Gasteiger partial charge in [0.1, 0.15) is 0 Å². The fourth-order valence-electron chi connectivity index (χ4n) is 5.75. The van der Waals surface area contributed by atoms with Crippen molar-refractivity contribution in [1.82, 2.24) is 0 Å². The standard InChI is InChI=1S/C20H28/c1-12-10-15-16-14(11-20(15,4)5)7-6-13-8-9-19(2,3)18(12)17(13)16/h10,13-14H,6-9,11H2,1-5H3. The zero-order chi connectivity index (χ0) is 14.3. The molecule has 0 aliphatic heterocycles. The Bertz CT molecular complexity index is 589. The van der Waals surface area contributed by atoms with E-state index in [2.05, 4.69) is 40.7 Å². The van der Waals surface area contributed by atoms with Gasteiger partial charge in [0.05, 0.1) is 0 Å². The summed E-state index contributed by atoms with van der Waals surface area (Å²) in [6, 6.07) is 2.56. The van der Waals surface area contributed by atoms with Crippen LogP contribution in [0.2, 0.25) is 0 Å². The lowest BCUT2D eigenvalue weighted by Gasteiger charge is -2.43. The zero-order valence-corrected chi connectivity index (χ0v) is 13.8. The second-order valence-electron chi connectivity index (χ2n) is 8.93. The molecule has 2 unspecified atom stereocenters. The van der Waals surface area contributed by atoms with Crippen LogP contribution < -0.4 is 0 Å². The maximum absolute atomic E-state index is 2.56. The molecule has 2 atom stereocenters. The normalized spacial score (nSPS) is 32.0. The molecule has 108 valence electrons. The van der Waals surface area contributed by atoms with E-state index >= 15 is 0 Å². The minimum atomic E-state index is 0.388. The number of hydrogen-bond donors (Lipinski definition) is 0. The van der Waals surface area contributed by atoms with Gasteiger partial charge in [-0.3, -0.25) is 0 Å². The summed E-state index contributed by atoms with van der Waals surface area (Å²) < 4.78 is 0. The maximum atomic E-state index is 2.56. The number of benzene rings is 1. The van der Waals surface area contributed by atoms with Crippen LogP contribution >= 0.6 is 0 Å². The van der Waals surface area contributed by atoms with Crippen LogP contribution in [0.25, 0.3) is 0 Å². The van der Waals surface area contributed by atoms with E-state index in [1.165, 1.54) is 32.1 Å². The lowest BCUT2D eigenvalue weighted by atomic mass is 9.61. The molecule has 3 aliphatic carbocycles. The van der Waals surface area contributed by atoms with Gasteiger partial charge in [-0.2, -0.15) is 0 Å². The lowest BCUT2D eigenvalue weighted by Crippen LogP contribution is -2.31. The smallest absolute Gasteiger partial charge is 0.00947 e. The van der Waals surface area contributed by atoms with Gasteiger partial charge < -0.3 is 0 Å². The molecule has 4 rings (SSSR count). The fraction of sp³-hybridized carbons (Fsp3) is 0.700. The number of rotatable bonds is 0. The van der Waals surface area contributed by atoms with E-state index in [1.54, 1.807) is 22.3 Å². The molecule has 1 aromatic carbocycles. The van der Waals surface area contributed by atoms with E-state index in [0.29, 0.717) is 10.8 Å². The fourth-order valence-corrected chi connectivity index (χ4v) is 5.75. The van der Waals surface area contributed by atoms with Crippen LogP contribution in [0.3, 0.4) is 0 Å². The summed E-state index contributed by atoms with van der Waals surface area (Å²) >= 11 is 0. The van der Waals surface area contributed by atoms with Gasteiger partial charge in [0.25, 0.3) is 0 Å². The predicted molar refractivity (Wildman–Crippen MR) is 85.8 cm³/mol. The van der Waals surface area contributed by atoms with E-state index in [1.807, 2.05) is 5.56 Å². The summed E-state index contributed by atoms with van der Waals surface area (Å²) in [4.78, 5) is 0. The van der Waals surface area contributed by atoms with Crippen molar-refractivity contribution in [2.45, 2.75) is 89.4 Å². The Labute approximate surface area is 124 Å². The van der Waals surface area contributed by atoms with Gasteiger partial charge in [0, 0.05) is 0 Å². The second kappa shape index (κ2) is 3.70. The van der Waals surface area contributed by atoms with Crippen LogP contribution in [0, 0.1) is 6.92 Å². The first-order valence-corrected chi connectivity index (χ1v) is 8.49. The van der Waals surface area contributed by atoms with Crippen molar-refractivity contribution < 1.29 is 0 Å². The molecule has 0 bridgehead atoms. The van der Waals surface area contributed by atoms with Crippen LogP contribution in [0.1, 0.15) is 99.5 Å². The molecule has 0 heterocycles. The maximum Gasteiger partial charge on any atom is -0.00947 e. The molecule has 1 aromatic rings. The highest BCUT2D eigenvalue weighted by Crippen LogP contribution is 2.59. The van der Waals surface area contributed by atoms with Crippen LogP contribution in [0.15, 0.2) is 6.07 Å². The SMILES string of the molecule is Cc1cc2c3c4c1C(C)(C)CCC4CCC3CC2(C)C. The van der Waals surface area contributed by atoms with Crippen molar-refractivity contribution in [3.8, 4) is 0 Å². The molecule has 0 heteroatoms. The average Bonchev–Trinajstić information content (AvgIpc) is 2.60. The molecule has 20 heavy (non-hydrogen) atoms. The van der Waals surface area contributed by atoms with Crippen LogP contribution in [0.4, 0.5) is 0 Å². The summed E-state index contributed by atoms with van der Waals surface area (Å²) in [5.74, 6) is 1.73. The van der Waals surface area contributed by atoms with Gasteiger partial charge >= 0.3 is 0 Å². The monoisotopic (exact) mass is 268 g/mol. The quantitative estimate of drug-likeness (QED) is 0.565. The molecule has 3 aliphatic rings. The topological polar surface area (TPSA) is 0 Å². The van der Waals surface area contributed by atoms with Gasteiger partial charge in [0.2, 0.25) is 0 Å². The lowest BCUT2D eigenvalue weighted by molar-refractivity contribution is 0.346. The summed E-state index contributed by atoms with van der Waals surface area (Å²) in [6.45, 7) is 12.2. The van der Waals surface area contributed by atoms with E-state index < -0.39 is 0 Å². The van der Waals surface area contributed by atoms with Crippen molar-refractivity contribution in [3.05, 3.63) is 33.9 Å². The van der Waals surface area contributed by atoms with Crippen LogP contribution in [-0.2, 0) is 10.8 Å². The molecular weight excluding hydrogens is 240 g/mol. The molecule has 0 saturated heterocycles. The minimum Gasteiger partial charge on any atom is -0.0558 e. The Hall–Kier alpha value is -0.780. The number of hydrogen-bond acceptors (Lipinski definition) is 0. The molecule has 0 fully saturated rings. The van der Waals surface area contributed by atoms with Crippen LogP contribution in [0.5, 0.6) is 0 Å². The second-order valence-corrected chi connectivity index (χ2v) is 8.93. The summed E-state index contributed by atoms with van der Waals surface area (Å²) in [5.41, 5.74) is 9.41. The predicted octanol–water partition coefficient (Wildman–Crippen LogP) is 5.71. The van der Waals surface area contributed by atoms with Crippen molar-refractivity contribution in [2.75, 3.05) is 0 Å². The highest BCUT2D eigenvalue weighted by molar-refractivity contribution is 5.58. The van der Waals surface area contributed by atoms with Gasteiger partial charge in [0.15, 0.2) is 0 Å². The summed E-state index contributed by atoms with van der Waals surface area (Å²) in [5, 5.41) is 0. The number of aryl methyl sites for hydroxylation is 1. The molecule has 0 aromatic heterocycles. The third-order valence-electron chi connectivity index (χ3n) is 6.57. The van der Waals surface area contributed by atoms with Gasteiger partial charge in [-0.1, -0.05) is 33.8 Å². The first-order valence-electron chi connectivity index (χ1n) is 8.49. The Morgan fingerprint density at radius 1 is 0.900 bits per heavy atom. The molecule has 0 N–H and O–H groups in total. The Morgan fingerprint density at radius 2 is 1.60 bits per heavy atom. The molecule has 0 radical (unpaired) electrons. The van der Waals surface area contributed by atoms with Crippen molar-refractivity contribution in [1.29, 1.82) is 0 Å². The molecule has 0 saturated carbocycles. The zero-order valence-electron chi connectivity index (χ0n) is 13.8. The van der Waals surface area contributed by atoms with E-state index in [4.69, 9.17) is 0 Å². The van der Waals surface area contributed by atoms with Crippen molar-refractivity contribution in [3.63, 3.8) is 0 Å². The third-order valence-corrected chi connectivity index (χ3v) is 6.57. The van der Waals surface area contributed by atoms with Gasteiger partial charge in [-0.05, 0) is 89.5 Å². The summed E-state index contributed by atoms with van der Waals surface area (Å²) in [6.07, 6.45) is 7.06. The first-order chi connectivity index (χ1) is 9.31. The minimum absolute atomic E-state index is 0.388. The Kier molecular flexibility index (Phi) is 2.39. The van der Waals surface area contributed by atoms with E-state index in [0.717, 1.165) is 11.8 Å². The largest absolute Gasteiger partial charge is 0.0558 e. The van der Waals surface area contributed by atoms with Crippen molar-refractivity contribution in [2.24, 2.45) is 0 Å². The molecule has 0 amide bonds. The molecule has 0 nitrogen and oxygen atoms in total. The average molecular weight is 268 g/mol. The van der Waals surface area contributed by atoms with Gasteiger partial charge in [-0.15, -0.1) is 0 Å². The highest BCUT2D eigenvalue weighted by Gasteiger charge is 2.46. The third kappa shape index (κ3) is 1.49. The summed E-state index contributed by atoms with van der Waals surface area (Å²) in [7, 11) is 0. The van der Waals surface area contributed by atoms with E-state index in [9.17, 15) is 0 Å². The van der Waals surface area contributed by atoms with Crippen LogP contribution in [-0.4, -0.2) is 0 Å². The molecule has 0 spiro atoms.